The Balaban J connectivity index is 2.42. The second-order valence-corrected chi connectivity index (χ2v) is 5.18. The number of benzene rings is 1. The number of carboxylic acids is 1. The first-order valence-electron chi connectivity index (χ1n) is 6.09. The van der Waals surface area contributed by atoms with Gasteiger partial charge in [0.05, 0.1) is 4.47 Å². The van der Waals surface area contributed by atoms with Gasteiger partial charge in [-0.2, -0.15) is 5.10 Å². The normalized spacial score (nSPS) is 10.7. The molecule has 0 aliphatic carbocycles. The lowest BCUT2D eigenvalue weighted by Gasteiger charge is -2.01. The summed E-state index contributed by atoms with van der Waals surface area (Å²) in [5, 5.41) is 13.4. The summed E-state index contributed by atoms with van der Waals surface area (Å²) >= 11 is 3.32. The molecular weight excluding hydrogens is 308 g/mol. The minimum absolute atomic E-state index is 0.160. The zero-order valence-electron chi connectivity index (χ0n) is 10.9. The Hall–Kier alpha value is -1.62. The van der Waals surface area contributed by atoms with E-state index in [9.17, 15) is 4.79 Å². The molecular formula is C14H15BrN2O2. The van der Waals surface area contributed by atoms with E-state index in [2.05, 4.69) is 40.1 Å². The van der Waals surface area contributed by atoms with Crippen LogP contribution in [0.1, 0.15) is 29.4 Å². The average molecular weight is 323 g/mol. The van der Waals surface area contributed by atoms with Crippen LogP contribution in [0.25, 0.3) is 11.3 Å². The fraction of sp³-hybridized carbons (Fsp3) is 0.286. The molecule has 2 aromatic rings. The van der Waals surface area contributed by atoms with E-state index in [1.807, 2.05) is 12.1 Å². The minimum Gasteiger partial charge on any atom is -0.476 e. The van der Waals surface area contributed by atoms with Gasteiger partial charge in [0.1, 0.15) is 5.69 Å². The summed E-state index contributed by atoms with van der Waals surface area (Å²) in [5.41, 5.74) is 3.00. The highest BCUT2D eigenvalue weighted by atomic mass is 79.9. The molecule has 1 N–H and O–H groups in total. The predicted molar refractivity (Wildman–Crippen MR) is 77.3 cm³/mol. The van der Waals surface area contributed by atoms with Gasteiger partial charge in [-0.3, -0.25) is 4.68 Å². The Morgan fingerprint density at radius 1 is 1.37 bits per heavy atom. The number of carbonyl (C=O) groups is 1. The van der Waals surface area contributed by atoms with E-state index >= 15 is 0 Å². The van der Waals surface area contributed by atoms with Crippen LogP contribution >= 0.6 is 15.9 Å². The van der Waals surface area contributed by atoms with Gasteiger partial charge in [-0.1, -0.05) is 37.6 Å². The molecule has 1 aromatic carbocycles. The molecule has 4 nitrogen and oxygen atoms in total. The van der Waals surface area contributed by atoms with Crippen molar-refractivity contribution in [1.29, 1.82) is 0 Å². The number of aromatic carboxylic acids is 1. The van der Waals surface area contributed by atoms with Crippen LogP contribution in [0.4, 0.5) is 0 Å². The van der Waals surface area contributed by atoms with Gasteiger partial charge in [-0.15, -0.1) is 0 Å². The molecule has 0 unspecified atom stereocenters. The zero-order valence-corrected chi connectivity index (χ0v) is 12.4. The van der Waals surface area contributed by atoms with Crippen molar-refractivity contribution in [2.45, 2.75) is 19.8 Å². The number of aromatic nitrogens is 2. The molecule has 0 fully saturated rings. The van der Waals surface area contributed by atoms with Crippen molar-refractivity contribution in [3.8, 4) is 11.3 Å². The summed E-state index contributed by atoms with van der Waals surface area (Å²) in [6.45, 7) is 2.14. The van der Waals surface area contributed by atoms with Crippen molar-refractivity contribution in [2.75, 3.05) is 0 Å². The Morgan fingerprint density at radius 2 is 2.00 bits per heavy atom. The van der Waals surface area contributed by atoms with Gasteiger partial charge < -0.3 is 5.11 Å². The van der Waals surface area contributed by atoms with Gasteiger partial charge in [-0.05, 0) is 27.9 Å². The number of rotatable bonds is 4. The summed E-state index contributed by atoms with van der Waals surface area (Å²) in [4.78, 5) is 11.1. The number of aryl methyl sites for hydroxylation is 2. The molecule has 1 aromatic heterocycles. The summed E-state index contributed by atoms with van der Waals surface area (Å²) < 4.78 is 1.90. The first-order chi connectivity index (χ1) is 9.04. The monoisotopic (exact) mass is 322 g/mol. The molecule has 0 spiro atoms. The third kappa shape index (κ3) is 2.71. The summed E-state index contributed by atoms with van der Waals surface area (Å²) in [6.07, 6.45) is 2.15. The second-order valence-electron chi connectivity index (χ2n) is 4.39. The van der Waals surface area contributed by atoms with Crippen molar-refractivity contribution in [3.05, 3.63) is 40.0 Å². The highest BCUT2D eigenvalue weighted by molar-refractivity contribution is 9.10. The van der Waals surface area contributed by atoms with Gasteiger partial charge in [-0.25, -0.2) is 4.79 Å². The van der Waals surface area contributed by atoms with Crippen molar-refractivity contribution >= 4 is 21.9 Å². The highest BCUT2D eigenvalue weighted by Gasteiger charge is 2.20. The van der Waals surface area contributed by atoms with Gasteiger partial charge >= 0.3 is 5.97 Å². The molecule has 0 saturated carbocycles. The number of halogens is 1. The summed E-state index contributed by atoms with van der Waals surface area (Å²) in [5.74, 6) is -0.990. The second kappa shape index (κ2) is 5.57. The summed E-state index contributed by atoms with van der Waals surface area (Å²) in [6, 6.07) is 8.06. The lowest BCUT2D eigenvalue weighted by molar-refractivity contribution is 0.0684. The molecule has 5 heteroatoms. The Labute approximate surface area is 120 Å². The van der Waals surface area contributed by atoms with Crippen molar-refractivity contribution in [2.24, 2.45) is 7.05 Å². The summed E-state index contributed by atoms with van der Waals surface area (Å²) in [7, 11) is 1.63. The maximum atomic E-state index is 11.1. The predicted octanol–water partition coefficient (Wildman–Crippen LogP) is 3.50. The fourth-order valence-corrected chi connectivity index (χ4v) is 2.77. The third-order valence-corrected chi connectivity index (χ3v) is 3.71. The van der Waals surface area contributed by atoms with E-state index in [0.717, 1.165) is 18.4 Å². The molecule has 0 bridgehead atoms. The maximum Gasteiger partial charge on any atom is 0.355 e. The highest BCUT2D eigenvalue weighted by Crippen LogP contribution is 2.30. The molecule has 100 valence electrons. The van der Waals surface area contributed by atoms with E-state index in [4.69, 9.17) is 5.11 Å². The van der Waals surface area contributed by atoms with Crippen LogP contribution in [-0.4, -0.2) is 20.9 Å². The molecule has 0 aliphatic heterocycles. The Morgan fingerprint density at radius 3 is 2.47 bits per heavy atom. The van der Waals surface area contributed by atoms with Crippen molar-refractivity contribution in [3.63, 3.8) is 0 Å². The number of hydrogen-bond donors (Lipinski definition) is 1. The van der Waals surface area contributed by atoms with Crippen LogP contribution in [0.15, 0.2) is 28.7 Å². The fourth-order valence-electron chi connectivity index (χ4n) is 2.03. The molecule has 0 amide bonds. The maximum absolute atomic E-state index is 11.1. The van der Waals surface area contributed by atoms with E-state index in [-0.39, 0.29) is 5.69 Å². The van der Waals surface area contributed by atoms with Crippen LogP contribution < -0.4 is 0 Å². The first-order valence-corrected chi connectivity index (χ1v) is 6.89. The smallest absolute Gasteiger partial charge is 0.355 e. The van der Waals surface area contributed by atoms with Crippen molar-refractivity contribution < 1.29 is 9.90 Å². The van der Waals surface area contributed by atoms with Crippen LogP contribution in [0.2, 0.25) is 0 Å². The van der Waals surface area contributed by atoms with Gasteiger partial charge in [0.25, 0.3) is 0 Å². The van der Waals surface area contributed by atoms with E-state index in [0.29, 0.717) is 10.2 Å². The molecule has 0 radical (unpaired) electrons. The Kier molecular flexibility index (Phi) is 4.04. The van der Waals surface area contributed by atoms with E-state index in [1.54, 1.807) is 7.05 Å². The number of nitrogens with zero attached hydrogens (tertiary/aromatic N) is 2. The SMILES string of the molecule is CCCc1ccc(-c2nn(C)c(C(=O)O)c2Br)cc1. The molecule has 0 atom stereocenters. The number of carboxylic acid groups (broad SMARTS) is 1. The van der Waals surface area contributed by atoms with Gasteiger partial charge in [0.2, 0.25) is 0 Å². The molecule has 0 saturated heterocycles. The van der Waals surface area contributed by atoms with Crippen LogP contribution in [0.5, 0.6) is 0 Å². The van der Waals surface area contributed by atoms with Crippen molar-refractivity contribution in [1.82, 2.24) is 9.78 Å². The third-order valence-electron chi connectivity index (χ3n) is 2.96. The van der Waals surface area contributed by atoms with E-state index in [1.165, 1.54) is 10.2 Å². The average Bonchev–Trinajstić information content (AvgIpc) is 2.66. The topological polar surface area (TPSA) is 55.1 Å². The van der Waals surface area contributed by atoms with Crippen LogP contribution in [-0.2, 0) is 13.5 Å². The minimum atomic E-state index is -0.990. The Bertz CT molecular complexity index is 603. The quantitative estimate of drug-likeness (QED) is 0.937. The molecule has 1 heterocycles. The largest absolute Gasteiger partial charge is 0.476 e. The number of hydrogen-bond acceptors (Lipinski definition) is 2. The zero-order chi connectivity index (χ0) is 14.0. The van der Waals surface area contributed by atoms with E-state index < -0.39 is 5.97 Å². The molecule has 19 heavy (non-hydrogen) atoms. The molecule has 0 aliphatic rings. The van der Waals surface area contributed by atoms with Crippen LogP contribution in [0, 0.1) is 0 Å². The van der Waals surface area contributed by atoms with Gasteiger partial charge in [0.15, 0.2) is 5.69 Å². The standard InChI is InChI=1S/C14H15BrN2O2/c1-3-4-9-5-7-10(8-6-9)12-11(15)13(14(18)19)17(2)16-12/h5-8H,3-4H2,1-2H3,(H,18,19). The lowest BCUT2D eigenvalue weighted by atomic mass is 10.1. The first kappa shape index (κ1) is 13.8. The van der Waals surface area contributed by atoms with Crippen LogP contribution in [0.3, 0.4) is 0 Å². The lowest BCUT2D eigenvalue weighted by Crippen LogP contribution is -2.05. The molecule has 2 rings (SSSR count). The van der Waals surface area contributed by atoms with Gasteiger partial charge in [0, 0.05) is 12.6 Å².